The fourth-order valence-corrected chi connectivity index (χ4v) is 2.65. The SMILES string of the molecule is CCOCCOC(=O)c1nc2ccccc2nc1Nc1cccc(C)c1C. The number of hydrogen-bond acceptors (Lipinski definition) is 6. The fraction of sp³-hybridized carbons (Fsp3) is 0.286. The Morgan fingerprint density at radius 2 is 1.74 bits per heavy atom. The largest absolute Gasteiger partial charge is 0.458 e. The molecule has 3 aromatic rings. The van der Waals surface area contributed by atoms with Gasteiger partial charge in [-0.25, -0.2) is 14.8 Å². The Morgan fingerprint density at radius 1 is 1.00 bits per heavy atom. The van der Waals surface area contributed by atoms with Gasteiger partial charge in [-0.15, -0.1) is 0 Å². The van der Waals surface area contributed by atoms with Gasteiger partial charge in [-0.1, -0.05) is 24.3 Å². The second kappa shape index (κ2) is 8.60. The Labute approximate surface area is 158 Å². The summed E-state index contributed by atoms with van der Waals surface area (Å²) in [6, 6.07) is 13.4. The van der Waals surface area contributed by atoms with E-state index in [4.69, 9.17) is 9.47 Å². The number of fused-ring (bicyclic) bond motifs is 1. The number of aryl methyl sites for hydroxylation is 1. The molecule has 6 heteroatoms. The first-order chi connectivity index (χ1) is 13.1. The predicted octanol–water partition coefficient (Wildman–Crippen LogP) is 4.18. The molecule has 0 aliphatic rings. The van der Waals surface area contributed by atoms with E-state index in [0.717, 1.165) is 16.8 Å². The highest BCUT2D eigenvalue weighted by Gasteiger charge is 2.19. The molecular formula is C21H23N3O3. The third kappa shape index (κ3) is 4.41. The Bertz CT molecular complexity index is 957. The Kier molecular flexibility index (Phi) is 5.98. The zero-order valence-electron chi connectivity index (χ0n) is 15.8. The van der Waals surface area contributed by atoms with Crippen molar-refractivity contribution in [2.24, 2.45) is 0 Å². The molecular weight excluding hydrogens is 342 g/mol. The third-order valence-corrected chi connectivity index (χ3v) is 4.29. The fourth-order valence-electron chi connectivity index (χ4n) is 2.65. The third-order valence-electron chi connectivity index (χ3n) is 4.29. The summed E-state index contributed by atoms with van der Waals surface area (Å²) in [7, 11) is 0. The molecule has 1 N–H and O–H groups in total. The molecule has 6 nitrogen and oxygen atoms in total. The predicted molar refractivity (Wildman–Crippen MR) is 106 cm³/mol. The second-order valence-electron chi connectivity index (χ2n) is 6.11. The van der Waals surface area contributed by atoms with Crippen LogP contribution < -0.4 is 5.32 Å². The van der Waals surface area contributed by atoms with Crippen LogP contribution in [0.15, 0.2) is 42.5 Å². The molecule has 0 fully saturated rings. The molecule has 140 valence electrons. The van der Waals surface area contributed by atoms with Crippen molar-refractivity contribution >= 4 is 28.5 Å². The molecule has 0 unspecified atom stereocenters. The van der Waals surface area contributed by atoms with Crippen LogP contribution in [0.2, 0.25) is 0 Å². The minimum atomic E-state index is -0.527. The summed E-state index contributed by atoms with van der Waals surface area (Å²) in [4.78, 5) is 21.7. The van der Waals surface area contributed by atoms with Crippen molar-refractivity contribution in [3.63, 3.8) is 0 Å². The number of para-hydroxylation sites is 2. The molecule has 0 atom stereocenters. The Hall–Kier alpha value is -2.99. The summed E-state index contributed by atoms with van der Waals surface area (Å²) in [6.07, 6.45) is 0. The minimum absolute atomic E-state index is 0.158. The lowest BCUT2D eigenvalue weighted by Gasteiger charge is -2.14. The van der Waals surface area contributed by atoms with E-state index in [9.17, 15) is 4.79 Å². The number of benzene rings is 2. The van der Waals surface area contributed by atoms with Crippen LogP contribution in [-0.2, 0) is 9.47 Å². The molecule has 1 aromatic heterocycles. The van der Waals surface area contributed by atoms with Gasteiger partial charge in [0.1, 0.15) is 6.61 Å². The van der Waals surface area contributed by atoms with Crippen molar-refractivity contribution in [2.45, 2.75) is 20.8 Å². The van der Waals surface area contributed by atoms with Gasteiger partial charge in [0.2, 0.25) is 0 Å². The number of hydrogen-bond donors (Lipinski definition) is 1. The van der Waals surface area contributed by atoms with Crippen LogP contribution in [0.1, 0.15) is 28.5 Å². The van der Waals surface area contributed by atoms with E-state index in [0.29, 0.717) is 30.1 Å². The zero-order chi connectivity index (χ0) is 19.2. The van der Waals surface area contributed by atoms with Gasteiger partial charge in [0, 0.05) is 12.3 Å². The molecule has 27 heavy (non-hydrogen) atoms. The zero-order valence-corrected chi connectivity index (χ0v) is 15.8. The number of esters is 1. The van der Waals surface area contributed by atoms with Crippen LogP contribution in [0.25, 0.3) is 11.0 Å². The van der Waals surface area contributed by atoms with Gasteiger partial charge in [0.05, 0.1) is 17.6 Å². The smallest absolute Gasteiger partial charge is 0.360 e. The first-order valence-corrected chi connectivity index (χ1v) is 8.95. The van der Waals surface area contributed by atoms with Crippen LogP contribution in [0.5, 0.6) is 0 Å². The lowest BCUT2D eigenvalue weighted by Crippen LogP contribution is -2.15. The van der Waals surface area contributed by atoms with Crippen LogP contribution in [0.3, 0.4) is 0 Å². The monoisotopic (exact) mass is 365 g/mol. The topological polar surface area (TPSA) is 73.3 Å². The normalized spacial score (nSPS) is 10.8. The maximum absolute atomic E-state index is 12.6. The molecule has 0 radical (unpaired) electrons. The quantitative estimate of drug-likeness (QED) is 0.500. The first-order valence-electron chi connectivity index (χ1n) is 8.95. The lowest BCUT2D eigenvalue weighted by molar-refractivity contribution is 0.0330. The van der Waals surface area contributed by atoms with Gasteiger partial charge in [-0.2, -0.15) is 0 Å². The van der Waals surface area contributed by atoms with E-state index in [1.807, 2.05) is 63.2 Å². The van der Waals surface area contributed by atoms with E-state index in [2.05, 4.69) is 15.3 Å². The first kappa shape index (κ1) is 18.8. The molecule has 0 aliphatic heterocycles. The van der Waals surface area contributed by atoms with Crippen LogP contribution in [0, 0.1) is 13.8 Å². The van der Waals surface area contributed by atoms with E-state index in [1.54, 1.807) is 0 Å². The Balaban J connectivity index is 1.96. The van der Waals surface area contributed by atoms with Crippen molar-refractivity contribution < 1.29 is 14.3 Å². The lowest BCUT2D eigenvalue weighted by atomic mass is 10.1. The average molecular weight is 365 g/mol. The average Bonchev–Trinajstić information content (AvgIpc) is 2.68. The van der Waals surface area contributed by atoms with Crippen molar-refractivity contribution in [3.05, 3.63) is 59.3 Å². The summed E-state index contributed by atoms with van der Waals surface area (Å²) >= 11 is 0. The molecule has 0 spiro atoms. The summed E-state index contributed by atoms with van der Waals surface area (Å²) in [5.41, 5.74) is 4.61. The maximum Gasteiger partial charge on any atom is 0.360 e. The van der Waals surface area contributed by atoms with Crippen molar-refractivity contribution in [2.75, 3.05) is 25.1 Å². The summed E-state index contributed by atoms with van der Waals surface area (Å²) in [6.45, 7) is 7.05. The van der Waals surface area contributed by atoms with Gasteiger partial charge in [-0.05, 0) is 50.1 Å². The van der Waals surface area contributed by atoms with E-state index < -0.39 is 5.97 Å². The van der Waals surface area contributed by atoms with Crippen LogP contribution >= 0.6 is 0 Å². The minimum Gasteiger partial charge on any atom is -0.458 e. The molecule has 2 aromatic carbocycles. The number of nitrogens with zero attached hydrogens (tertiary/aromatic N) is 2. The van der Waals surface area contributed by atoms with Crippen LogP contribution in [0.4, 0.5) is 11.5 Å². The van der Waals surface area contributed by atoms with E-state index in [-0.39, 0.29) is 12.3 Å². The summed E-state index contributed by atoms with van der Waals surface area (Å²) in [5, 5.41) is 3.25. The van der Waals surface area contributed by atoms with E-state index >= 15 is 0 Å². The highest BCUT2D eigenvalue weighted by Crippen LogP contribution is 2.25. The van der Waals surface area contributed by atoms with Gasteiger partial charge in [0.25, 0.3) is 0 Å². The number of rotatable bonds is 7. The molecule has 3 rings (SSSR count). The summed E-state index contributed by atoms with van der Waals surface area (Å²) in [5.74, 6) is -0.149. The Morgan fingerprint density at radius 3 is 2.48 bits per heavy atom. The highest BCUT2D eigenvalue weighted by atomic mass is 16.6. The van der Waals surface area contributed by atoms with Crippen molar-refractivity contribution in [3.8, 4) is 0 Å². The highest BCUT2D eigenvalue weighted by molar-refractivity contribution is 5.96. The number of carbonyl (C=O) groups excluding carboxylic acids is 1. The number of carbonyl (C=O) groups is 1. The van der Waals surface area contributed by atoms with Gasteiger partial charge in [0.15, 0.2) is 11.5 Å². The van der Waals surface area contributed by atoms with Crippen molar-refractivity contribution in [1.82, 2.24) is 9.97 Å². The standard InChI is InChI=1S/C21H23N3O3/c1-4-26-12-13-27-21(25)19-20(23-16-11-7-8-14(2)15(16)3)24-18-10-6-5-9-17(18)22-19/h5-11H,4,12-13H2,1-3H3,(H,23,24). The van der Waals surface area contributed by atoms with E-state index in [1.165, 1.54) is 0 Å². The molecule has 0 saturated heterocycles. The van der Waals surface area contributed by atoms with Gasteiger partial charge in [-0.3, -0.25) is 0 Å². The number of nitrogens with one attached hydrogen (secondary N) is 1. The summed E-state index contributed by atoms with van der Waals surface area (Å²) < 4.78 is 10.5. The van der Waals surface area contributed by atoms with Crippen LogP contribution in [-0.4, -0.2) is 35.8 Å². The molecule has 0 aliphatic carbocycles. The molecule has 1 heterocycles. The number of aromatic nitrogens is 2. The molecule has 0 bridgehead atoms. The van der Waals surface area contributed by atoms with Crippen molar-refractivity contribution in [1.29, 1.82) is 0 Å². The second-order valence-corrected chi connectivity index (χ2v) is 6.11. The number of ether oxygens (including phenoxy) is 2. The van der Waals surface area contributed by atoms with Gasteiger partial charge >= 0.3 is 5.97 Å². The maximum atomic E-state index is 12.6. The molecule has 0 amide bonds. The van der Waals surface area contributed by atoms with Gasteiger partial charge < -0.3 is 14.8 Å². The number of anilines is 2. The molecule has 0 saturated carbocycles.